The van der Waals surface area contributed by atoms with Gasteiger partial charge >= 0.3 is 6.09 Å². The van der Waals surface area contributed by atoms with Crippen molar-refractivity contribution in [1.82, 2.24) is 4.90 Å². The van der Waals surface area contributed by atoms with Crippen molar-refractivity contribution >= 4 is 17.7 Å². The molecule has 1 aromatic carbocycles. The number of likely N-dealkylation sites (tertiary alicyclic amines) is 1. The van der Waals surface area contributed by atoms with Crippen molar-refractivity contribution in [3.8, 4) is 0 Å². The van der Waals surface area contributed by atoms with E-state index in [4.69, 9.17) is 4.74 Å². The lowest BCUT2D eigenvalue weighted by molar-refractivity contribution is -0.122. The van der Waals surface area contributed by atoms with Gasteiger partial charge in [0.15, 0.2) is 0 Å². The van der Waals surface area contributed by atoms with Crippen LogP contribution in [0.15, 0.2) is 18.2 Å². The summed E-state index contributed by atoms with van der Waals surface area (Å²) in [6.07, 6.45) is 0.974. The van der Waals surface area contributed by atoms with Gasteiger partial charge in [-0.25, -0.2) is 4.79 Å². The minimum absolute atomic E-state index is 0.0608. The predicted octanol–water partition coefficient (Wildman–Crippen LogP) is 3.22. The zero-order valence-corrected chi connectivity index (χ0v) is 14.2. The molecule has 0 unspecified atom stereocenters. The minimum Gasteiger partial charge on any atom is -0.444 e. The van der Waals surface area contributed by atoms with Crippen LogP contribution in [0.2, 0.25) is 0 Å². The molecule has 0 bridgehead atoms. The Hall–Kier alpha value is -2.04. The van der Waals surface area contributed by atoms with E-state index in [1.165, 1.54) is 0 Å². The maximum Gasteiger partial charge on any atom is 0.410 e. The molecule has 2 amide bonds. The molecule has 1 fully saturated rings. The second kappa shape index (κ2) is 5.25. The Kier molecular flexibility index (Phi) is 3.62. The Morgan fingerprint density at radius 3 is 2.52 bits per heavy atom. The number of ether oxygens (including phenoxy) is 1. The van der Waals surface area contributed by atoms with Crippen LogP contribution >= 0.6 is 0 Å². The third-order valence-electron chi connectivity index (χ3n) is 4.70. The largest absolute Gasteiger partial charge is 0.444 e. The number of carbonyl (C=O) groups excluding carboxylic acids is 2. The van der Waals surface area contributed by atoms with Crippen molar-refractivity contribution in [3.05, 3.63) is 29.3 Å². The predicted molar refractivity (Wildman–Crippen MR) is 88.5 cm³/mol. The number of nitrogens with zero attached hydrogens (tertiary/aromatic N) is 1. The number of hydrogen-bond donors (Lipinski definition) is 1. The van der Waals surface area contributed by atoms with E-state index in [9.17, 15) is 9.59 Å². The molecule has 5 heteroatoms. The number of anilines is 1. The number of hydrogen-bond acceptors (Lipinski definition) is 3. The van der Waals surface area contributed by atoms with Gasteiger partial charge in [0.05, 0.1) is 5.41 Å². The first kappa shape index (κ1) is 15.8. The smallest absolute Gasteiger partial charge is 0.410 e. The maximum atomic E-state index is 12.6. The summed E-state index contributed by atoms with van der Waals surface area (Å²) in [5, 5.41) is 3.01. The number of carbonyl (C=O) groups is 2. The Morgan fingerprint density at radius 1 is 1.26 bits per heavy atom. The van der Waals surface area contributed by atoms with E-state index in [0.29, 0.717) is 25.9 Å². The van der Waals surface area contributed by atoms with Gasteiger partial charge in [0.2, 0.25) is 5.91 Å². The highest BCUT2D eigenvalue weighted by Gasteiger charge is 2.49. The van der Waals surface area contributed by atoms with Gasteiger partial charge in [0, 0.05) is 18.8 Å². The summed E-state index contributed by atoms with van der Waals surface area (Å²) in [5.74, 6) is 0.0608. The van der Waals surface area contributed by atoms with Crippen LogP contribution in [0.1, 0.15) is 44.7 Å². The summed E-state index contributed by atoms with van der Waals surface area (Å²) in [6, 6.07) is 5.96. The standard InChI is InChI=1S/C18H24N2O3/c1-12-6-5-7-13-14(12)18(15(21)19-13)8-10-20(11-9-18)16(22)23-17(2,3)4/h5-7H,8-11H2,1-4H3,(H,19,21). The van der Waals surface area contributed by atoms with Crippen LogP contribution < -0.4 is 5.32 Å². The summed E-state index contributed by atoms with van der Waals surface area (Å²) in [6.45, 7) is 8.70. The molecule has 0 radical (unpaired) electrons. The Balaban J connectivity index is 1.79. The lowest BCUT2D eigenvalue weighted by atomic mass is 9.72. The lowest BCUT2D eigenvalue weighted by Crippen LogP contribution is -2.49. The summed E-state index contributed by atoms with van der Waals surface area (Å²) < 4.78 is 5.43. The lowest BCUT2D eigenvalue weighted by Gasteiger charge is -2.38. The van der Waals surface area contributed by atoms with Gasteiger partial charge in [-0.3, -0.25) is 4.79 Å². The van der Waals surface area contributed by atoms with Gasteiger partial charge in [-0.15, -0.1) is 0 Å². The quantitative estimate of drug-likeness (QED) is 0.799. The van der Waals surface area contributed by atoms with Gasteiger partial charge < -0.3 is 15.0 Å². The fourth-order valence-electron chi connectivity index (χ4n) is 3.64. The number of rotatable bonds is 0. The number of fused-ring (bicyclic) bond motifs is 2. The van der Waals surface area contributed by atoms with Gasteiger partial charge in [-0.2, -0.15) is 0 Å². The van der Waals surface area contributed by atoms with Crippen LogP contribution in [-0.2, 0) is 14.9 Å². The van der Waals surface area contributed by atoms with Crippen molar-refractivity contribution < 1.29 is 14.3 Å². The van der Waals surface area contributed by atoms with Crippen molar-refractivity contribution in [2.75, 3.05) is 18.4 Å². The molecule has 5 nitrogen and oxygen atoms in total. The summed E-state index contributed by atoms with van der Waals surface area (Å²) in [7, 11) is 0. The molecule has 23 heavy (non-hydrogen) atoms. The molecule has 2 aliphatic heterocycles. The van der Waals surface area contributed by atoms with Crippen LogP contribution in [0.4, 0.5) is 10.5 Å². The molecule has 0 aromatic heterocycles. The number of amides is 2. The van der Waals surface area contributed by atoms with E-state index in [1.54, 1.807) is 4.90 Å². The van der Waals surface area contributed by atoms with Crippen LogP contribution in [0, 0.1) is 6.92 Å². The first-order valence-electron chi connectivity index (χ1n) is 8.12. The highest BCUT2D eigenvalue weighted by Crippen LogP contribution is 2.46. The van der Waals surface area contributed by atoms with E-state index in [1.807, 2.05) is 45.9 Å². The highest BCUT2D eigenvalue weighted by molar-refractivity contribution is 6.06. The van der Waals surface area contributed by atoms with Crippen molar-refractivity contribution in [3.63, 3.8) is 0 Å². The van der Waals surface area contributed by atoms with Crippen LogP contribution in [0.3, 0.4) is 0 Å². The maximum absolute atomic E-state index is 12.6. The van der Waals surface area contributed by atoms with E-state index in [-0.39, 0.29) is 12.0 Å². The molecule has 124 valence electrons. The third kappa shape index (κ3) is 2.69. The summed E-state index contributed by atoms with van der Waals surface area (Å²) >= 11 is 0. The second-order valence-electron chi connectivity index (χ2n) is 7.50. The third-order valence-corrected chi connectivity index (χ3v) is 4.70. The molecule has 0 atom stereocenters. The fraction of sp³-hybridized carbons (Fsp3) is 0.556. The topological polar surface area (TPSA) is 58.6 Å². The molecule has 1 aromatic rings. The monoisotopic (exact) mass is 316 g/mol. The first-order chi connectivity index (χ1) is 10.7. The fourth-order valence-corrected chi connectivity index (χ4v) is 3.64. The zero-order valence-electron chi connectivity index (χ0n) is 14.2. The Labute approximate surface area is 137 Å². The molecular formula is C18H24N2O3. The normalized spacial score (nSPS) is 19.5. The van der Waals surface area contributed by atoms with Crippen molar-refractivity contribution in [1.29, 1.82) is 0 Å². The molecule has 1 N–H and O–H groups in total. The molecule has 2 heterocycles. The average molecular weight is 316 g/mol. The summed E-state index contributed by atoms with van der Waals surface area (Å²) in [5.41, 5.74) is 2.15. The summed E-state index contributed by atoms with van der Waals surface area (Å²) in [4.78, 5) is 26.5. The number of benzene rings is 1. The Bertz CT molecular complexity index is 653. The van der Waals surface area contributed by atoms with Crippen LogP contribution in [0.5, 0.6) is 0 Å². The minimum atomic E-state index is -0.501. The number of piperidine rings is 1. The number of nitrogens with one attached hydrogen (secondary N) is 1. The zero-order chi connectivity index (χ0) is 16.8. The average Bonchev–Trinajstić information content (AvgIpc) is 2.71. The SMILES string of the molecule is Cc1cccc2c1C1(CCN(C(=O)OC(C)(C)C)CC1)C(=O)N2. The van der Waals surface area contributed by atoms with Gasteiger partial charge in [0.1, 0.15) is 5.60 Å². The van der Waals surface area contributed by atoms with E-state index in [0.717, 1.165) is 16.8 Å². The van der Waals surface area contributed by atoms with Crippen LogP contribution in [-0.4, -0.2) is 35.6 Å². The highest BCUT2D eigenvalue weighted by atomic mass is 16.6. The van der Waals surface area contributed by atoms with E-state index >= 15 is 0 Å². The van der Waals surface area contributed by atoms with Gasteiger partial charge in [-0.1, -0.05) is 12.1 Å². The molecule has 1 spiro atoms. The van der Waals surface area contributed by atoms with Gasteiger partial charge in [-0.05, 0) is 57.7 Å². The second-order valence-corrected chi connectivity index (χ2v) is 7.50. The molecule has 0 saturated carbocycles. The first-order valence-corrected chi connectivity index (χ1v) is 8.12. The Morgan fingerprint density at radius 2 is 1.91 bits per heavy atom. The molecule has 0 aliphatic carbocycles. The number of aryl methyl sites for hydroxylation is 1. The molecule has 2 aliphatic rings. The van der Waals surface area contributed by atoms with Crippen molar-refractivity contribution in [2.45, 2.75) is 51.6 Å². The molecule has 1 saturated heterocycles. The van der Waals surface area contributed by atoms with E-state index < -0.39 is 11.0 Å². The van der Waals surface area contributed by atoms with E-state index in [2.05, 4.69) is 5.32 Å². The van der Waals surface area contributed by atoms with Crippen LogP contribution in [0.25, 0.3) is 0 Å². The van der Waals surface area contributed by atoms with Crippen molar-refractivity contribution in [2.24, 2.45) is 0 Å². The molecule has 3 rings (SSSR count). The molecular weight excluding hydrogens is 292 g/mol. The van der Waals surface area contributed by atoms with Gasteiger partial charge in [0.25, 0.3) is 0 Å².